The molecule has 15 heavy (non-hydrogen) atoms. The second-order valence-electron chi connectivity index (χ2n) is 4.67. The van der Waals surface area contributed by atoms with Crippen LogP contribution in [0.2, 0.25) is 0 Å². The second-order valence-corrected chi connectivity index (χ2v) is 4.67. The van der Waals surface area contributed by atoms with Crippen molar-refractivity contribution in [3.8, 4) is 0 Å². The van der Waals surface area contributed by atoms with Gasteiger partial charge in [0.2, 0.25) is 0 Å². The maximum absolute atomic E-state index is 4.28. The van der Waals surface area contributed by atoms with Crippen LogP contribution in [0.3, 0.4) is 0 Å². The molecule has 0 saturated heterocycles. The molecule has 0 saturated carbocycles. The number of rotatable bonds is 4. The summed E-state index contributed by atoms with van der Waals surface area (Å²) in [5.41, 5.74) is 0. The molecule has 0 aromatic rings. The summed E-state index contributed by atoms with van der Waals surface area (Å²) in [6.07, 6.45) is 0. The molecule has 0 rings (SSSR count). The predicted molar refractivity (Wildman–Crippen MR) is 73.0 cm³/mol. The Hall–Kier alpha value is 1.49. The van der Waals surface area contributed by atoms with Gasteiger partial charge in [-0.3, -0.25) is 0 Å². The van der Waals surface area contributed by atoms with Crippen molar-refractivity contribution in [2.45, 2.75) is 79.6 Å². The van der Waals surface area contributed by atoms with E-state index in [0.29, 0.717) is 24.2 Å². The van der Waals surface area contributed by atoms with Gasteiger partial charge < -0.3 is 10.6 Å². The number of hydrogen-bond acceptors (Lipinski definition) is 0. The molecule has 0 aromatic heterocycles. The SMILES string of the molecule is CC(C)[N-]C(C)C.CC(C)[N-]C(C)C.[Ba+2]. The van der Waals surface area contributed by atoms with E-state index in [2.05, 4.69) is 66.0 Å². The van der Waals surface area contributed by atoms with Crippen molar-refractivity contribution in [2.24, 2.45) is 0 Å². The van der Waals surface area contributed by atoms with Crippen LogP contribution in [0.4, 0.5) is 0 Å². The smallest absolute Gasteiger partial charge is 0.658 e. The Morgan fingerprint density at radius 3 is 0.600 bits per heavy atom. The van der Waals surface area contributed by atoms with Gasteiger partial charge in [0, 0.05) is 0 Å². The van der Waals surface area contributed by atoms with Crippen LogP contribution < -0.4 is 0 Å². The minimum Gasteiger partial charge on any atom is -0.658 e. The van der Waals surface area contributed by atoms with E-state index in [1.54, 1.807) is 0 Å². The Balaban J connectivity index is -0.000000180. The first-order valence-electron chi connectivity index (χ1n) is 5.65. The molecule has 0 aromatic carbocycles. The van der Waals surface area contributed by atoms with Gasteiger partial charge in [-0.2, -0.15) is 0 Å². The Bertz CT molecular complexity index is 86.2. The van der Waals surface area contributed by atoms with Crippen molar-refractivity contribution in [3.63, 3.8) is 0 Å². The minimum atomic E-state index is 0. The molecule has 0 radical (unpaired) electrons. The van der Waals surface area contributed by atoms with Crippen LogP contribution in [0.15, 0.2) is 0 Å². The van der Waals surface area contributed by atoms with E-state index < -0.39 is 0 Å². The first-order chi connectivity index (χ1) is 6.25. The average Bonchev–Trinajstić information content (AvgIpc) is 1.79. The average molecular weight is 338 g/mol. The Morgan fingerprint density at radius 2 is 0.600 bits per heavy atom. The van der Waals surface area contributed by atoms with E-state index >= 15 is 0 Å². The van der Waals surface area contributed by atoms with Gasteiger partial charge in [-0.15, -0.1) is 24.2 Å². The molecule has 0 aliphatic heterocycles. The molecule has 88 valence electrons. The summed E-state index contributed by atoms with van der Waals surface area (Å²) in [6, 6.07) is 2.00. The third-order valence-corrected chi connectivity index (χ3v) is 1.19. The molecule has 0 fully saturated rings. The zero-order valence-corrected chi connectivity index (χ0v) is 16.4. The van der Waals surface area contributed by atoms with E-state index in [1.165, 1.54) is 0 Å². The van der Waals surface area contributed by atoms with E-state index in [-0.39, 0.29) is 48.9 Å². The topological polar surface area (TPSA) is 28.2 Å². The summed E-state index contributed by atoms with van der Waals surface area (Å²) in [4.78, 5) is 0. The van der Waals surface area contributed by atoms with Gasteiger partial charge in [-0.25, -0.2) is 0 Å². The summed E-state index contributed by atoms with van der Waals surface area (Å²) in [6.45, 7) is 16.8. The van der Waals surface area contributed by atoms with Crippen molar-refractivity contribution in [2.75, 3.05) is 0 Å². The van der Waals surface area contributed by atoms with Crippen molar-refractivity contribution < 1.29 is 0 Å². The van der Waals surface area contributed by atoms with Crippen LogP contribution in [0.5, 0.6) is 0 Å². The molecule has 0 unspecified atom stereocenters. The van der Waals surface area contributed by atoms with E-state index in [9.17, 15) is 0 Å². The Kier molecular flexibility index (Phi) is 19.7. The fraction of sp³-hybridized carbons (Fsp3) is 1.00. The number of nitrogens with zero attached hydrogens (tertiary/aromatic N) is 2. The van der Waals surface area contributed by atoms with Crippen molar-refractivity contribution in [3.05, 3.63) is 10.6 Å². The van der Waals surface area contributed by atoms with Gasteiger partial charge in [0.25, 0.3) is 0 Å². The van der Waals surface area contributed by atoms with E-state index in [4.69, 9.17) is 0 Å². The first-order valence-corrected chi connectivity index (χ1v) is 5.65. The molecule has 0 bridgehead atoms. The summed E-state index contributed by atoms with van der Waals surface area (Å²) < 4.78 is 0. The normalized spacial score (nSPS) is 10.4. The predicted octanol–water partition coefficient (Wildman–Crippen LogP) is 3.97. The zero-order valence-electron chi connectivity index (χ0n) is 11.9. The van der Waals surface area contributed by atoms with Crippen LogP contribution in [-0.2, 0) is 0 Å². The van der Waals surface area contributed by atoms with Crippen molar-refractivity contribution >= 4 is 48.9 Å². The third kappa shape index (κ3) is 31.3. The molecule has 2 nitrogen and oxygen atoms in total. The molecular formula is C12H28BaN2. The van der Waals surface area contributed by atoms with E-state index in [1.807, 2.05) is 0 Å². The largest absolute Gasteiger partial charge is 2.00 e. The summed E-state index contributed by atoms with van der Waals surface area (Å²) in [5.74, 6) is 0. The molecule has 0 aliphatic rings. The standard InChI is InChI=1S/2C6H14N.Ba/c2*1-5(2)7-6(3)4;/h2*5-6H,1-4H3;/q2*-1;+2. The molecule has 0 spiro atoms. The monoisotopic (exact) mass is 338 g/mol. The van der Waals surface area contributed by atoms with Crippen molar-refractivity contribution in [1.29, 1.82) is 0 Å². The van der Waals surface area contributed by atoms with Crippen LogP contribution in [-0.4, -0.2) is 73.0 Å². The Labute approximate surface area is 137 Å². The second kappa shape index (κ2) is 13.6. The van der Waals surface area contributed by atoms with Gasteiger partial charge in [-0.05, 0) is 0 Å². The van der Waals surface area contributed by atoms with Gasteiger partial charge in [-0.1, -0.05) is 55.4 Å². The molecule has 0 heterocycles. The zero-order chi connectivity index (χ0) is 11.7. The number of hydrogen-bond donors (Lipinski definition) is 0. The molecular weight excluding hydrogens is 309 g/mol. The molecule has 0 atom stereocenters. The fourth-order valence-electron chi connectivity index (χ4n) is 1.19. The summed E-state index contributed by atoms with van der Waals surface area (Å²) >= 11 is 0. The first kappa shape index (κ1) is 21.7. The fourth-order valence-corrected chi connectivity index (χ4v) is 1.19. The molecule has 0 amide bonds. The minimum absolute atomic E-state index is 0. The van der Waals surface area contributed by atoms with Gasteiger partial charge in [0.1, 0.15) is 0 Å². The Morgan fingerprint density at radius 1 is 0.467 bits per heavy atom. The molecule has 0 aliphatic carbocycles. The van der Waals surface area contributed by atoms with Crippen LogP contribution in [0, 0.1) is 0 Å². The summed E-state index contributed by atoms with van der Waals surface area (Å²) in [5, 5.41) is 8.56. The van der Waals surface area contributed by atoms with Crippen molar-refractivity contribution in [1.82, 2.24) is 0 Å². The quantitative estimate of drug-likeness (QED) is 0.694. The third-order valence-electron chi connectivity index (χ3n) is 1.19. The van der Waals surface area contributed by atoms with Crippen LogP contribution in [0.25, 0.3) is 10.6 Å². The molecule has 0 N–H and O–H groups in total. The van der Waals surface area contributed by atoms with E-state index in [0.717, 1.165) is 0 Å². The molecule has 3 heteroatoms. The maximum Gasteiger partial charge on any atom is 2.00 e. The van der Waals surface area contributed by atoms with Gasteiger partial charge >= 0.3 is 48.9 Å². The van der Waals surface area contributed by atoms with Gasteiger partial charge in [0.15, 0.2) is 0 Å². The van der Waals surface area contributed by atoms with Crippen LogP contribution in [0.1, 0.15) is 55.4 Å². The van der Waals surface area contributed by atoms with Gasteiger partial charge in [0.05, 0.1) is 0 Å². The van der Waals surface area contributed by atoms with Crippen LogP contribution >= 0.6 is 0 Å². The summed E-state index contributed by atoms with van der Waals surface area (Å²) in [7, 11) is 0. The maximum atomic E-state index is 4.28.